The Labute approximate surface area is 207 Å². The number of likely N-dealkylation sites (N-methyl/N-ethyl adjacent to an activating group) is 1. The molecular formula is C26H35N5O4. The molecule has 0 saturated carbocycles. The lowest BCUT2D eigenvalue weighted by Gasteiger charge is -2.37. The minimum absolute atomic E-state index is 0.116. The van der Waals surface area contributed by atoms with Gasteiger partial charge in [0.2, 0.25) is 11.8 Å². The average Bonchev–Trinajstić information content (AvgIpc) is 2.88. The summed E-state index contributed by atoms with van der Waals surface area (Å²) in [5, 5.41) is 0. The first-order chi connectivity index (χ1) is 16.9. The van der Waals surface area contributed by atoms with Gasteiger partial charge in [0.25, 0.3) is 5.91 Å². The summed E-state index contributed by atoms with van der Waals surface area (Å²) >= 11 is 0. The van der Waals surface area contributed by atoms with Gasteiger partial charge >= 0.3 is 0 Å². The molecule has 1 aromatic heterocycles. The van der Waals surface area contributed by atoms with Crippen LogP contribution in [0.2, 0.25) is 0 Å². The number of rotatable bonds is 3. The standard InChI is InChI=1S/C26H35N5O4/c1-20(2)30-13-15-31(16-14-30)24(32)19-29-12-11-28(3)26(33)21-7-6-10-27-25(21)35-23-9-5-4-8-22(23)34-18-17-29/h4-10,20H,11-19H2,1-3H3. The number of carbonyl (C=O) groups excluding carboxylic acids is 2. The van der Waals surface area contributed by atoms with E-state index in [1.165, 1.54) is 0 Å². The van der Waals surface area contributed by atoms with Gasteiger partial charge in [-0.1, -0.05) is 12.1 Å². The van der Waals surface area contributed by atoms with Gasteiger partial charge in [0, 0.05) is 65.1 Å². The van der Waals surface area contributed by atoms with E-state index < -0.39 is 0 Å². The highest BCUT2D eigenvalue weighted by Gasteiger charge is 2.25. The molecule has 4 rings (SSSR count). The highest BCUT2D eigenvalue weighted by molar-refractivity contribution is 5.96. The molecule has 3 heterocycles. The Hall–Kier alpha value is -3.17. The SMILES string of the molecule is CC(C)N1CCN(C(=O)CN2CCOc3ccccc3Oc3ncccc3C(=O)N(C)CC2)CC1. The zero-order valence-electron chi connectivity index (χ0n) is 20.9. The van der Waals surface area contributed by atoms with E-state index in [4.69, 9.17) is 9.47 Å². The van der Waals surface area contributed by atoms with Crippen molar-refractivity contribution >= 4 is 11.8 Å². The summed E-state index contributed by atoms with van der Waals surface area (Å²) in [7, 11) is 1.76. The summed E-state index contributed by atoms with van der Waals surface area (Å²) in [4.78, 5) is 38.6. The second-order valence-electron chi connectivity index (χ2n) is 9.27. The van der Waals surface area contributed by atoms with Crippen LogP contribution in [0.25, 0.3) is 0 Å². The number of fused-ring (bicyclic) bond motifs is 2. The number of amides is 2. The Morgan fingerprint density at radius 1 is 0.971 bits per heavy atom. The maximum absolute atomic E-state index is 13.2. The second kappa shape index (κ2) is 11.5. The third-order valence-corrected chi connectivity index (χ3v) is 6.58. The van der Waals surface area contributed by atoms with E-state index in [2.05, 4.69) is 28.6 Å². The fourth-order valence-electron chi connectivity index (χ4n) is 4.33. The normalized spacial score (nSPS) is 18.5. The lowest BCUT2D eigenvalue weighted by molar-refractivity contribution is -0.134. The van der Waals surface area contributed by atoms with Crippen LogP contribution in [-0.2, 0) is 4.79 Å². The van der Waals surface area contributed by atoms with Crippen LogP contribution in [0.1, 0.15) is 24.2 Å². The van der Waals surface area contributed by atoms with Crippen molar-refractivity contribution in [2.45, 2.75) is 19.9 Å². The predicted molar refractivity (Wildman–Crippen MR) is 133 cm³/mol. The van der Waals surface area contributed by atoms with Crippen LogP contribution in [0.15, 0.2) is 42.6 Å². The Morgan fingerprint density at radius 3 is 2.46 bits per heavy atom. The van der Waals surface area contributed by atoms with Gasteiger partial charge < -0.3 is 19.3 Å². The van der Waals surface area contributed by atoms with Crippen molar-refractivity contribution in [3.8, 4) is 17.4 Å². The summed E-state index contributed by atoms with van der Waals surface area (Å²) in [5.41, 5.74) is 0.384. The molecule has 0 spiro atoms. The molecule has 1 fully saturated rings. The van der Waals surface area contributed by atoms with Gasteiger partial charge in [0.1, 0.15) is 12.2 Å². The third kappa shape index (κ3) is 6.29. The predicted octanol–water partition coefficient (Wildman–Crippen LogP) is 2.19. The minimum atomic E-state index is -0.179. The van der Waals surface area contributed by atoms with Crippen LogP contribution in [0.4, 0.5) is 0 Å². The van der Waals surface area contributed by atoms with Gasteiger partial charge in [-0.3, -0.25) is 19.4 Å². The van der Waals surface area contributed by atoms with Crippen molar-refractivity contribution < 1.29 is 19.1 Å². The van der Waals surface area contributed by atoms with Crippen LogP contribution in [0.3, 0.4) is 0 Å². The quantitative estimate of drug-likeness (QED) is 0.665. The molecule has 1 aromatic carbocycles. The van der Waals surface area contributed by atoms with Gasteiger partial charge in [0.05, 0.1) is 6.54 Å². The molecule has 0 bridgehead atoms. The Morgan fingerprint density at radius 2 is 1.71 bits per heavy atom. The van der Waals surface area contributed by atoms with Gasteiger partial charge in [-0.2, -0.15) is 0 Å². The summed E-state index contributed by atoms with van der Waals surface area (Å²) in [6.07, 6.45) is 1.60. The molecular weight excluding hydrogens is 446 g/mol. The van der Waals surface area contributed by atoms with E-state index in [0.29, 0.717) is 55.9 Å². The summed E-state index contributed by atoms with van der Waals surface area (Å²) in [6, 6.07) is 11.3. The largest absolute Gasteiger partial charge is 0.488 e. The topological polar surface area (TPSA) is 78.5 Å². The first-order valence-electron chi connectivity index (χ1n) is 12.3. The Kier molecular flexibility index (Phi) is 8.20. The van der Waals surface area contributed by atoms with E-state index >= 15 is 0 Å². The molecule has 0 radical (unpaired) electrons. The Bertz CT molecular complexity index is 1020. The third-order valence-electron chi connectivity index (χ3n) is 6.58. The number of hydrogen-bond donors (Lipinski definition) is 0. The number of pyridine rings is 1. The molecule has 2 aromatic rings. The van der Waals surface area contributed by atoms with Crippen molar-refractivity contribution in [2.24, 2.45) is 0 Å². The van der Waals surface area contributed by atoms with Crippen molar-refractivity contribution in [3.05, 3.63) is 48.2 Å². The summed E-state index contributed by atoms with van der Waals surface area (Å²) < 4.78 is 12.1. The number of carbonyl (C=O) groups is 2. The molecule has 9 heteroatoms. The smallest absolute Gasteiger partial charge is 0.259 e. The van der Waals surface area contributed by atoms with Crippen LogP contribution in [-0.4, -0.2) is 108 Å². The lowest BCUT2D eigenvalue weighted by atomic mass is 10.2. The number of aromatic nitrogens is 1. The minimum Gasteiger partial charge on any atom is -0.488 e. The first-order valence-corrected chi connectivity index (χ1v) is 12.3. The van der Waals surface area contributed by atoms with Crippen LogP contribution in [0, 0.1) is 0 Å². The highest BCUT2D eigenvalue weighted by atomic mass is 16.5. The molecule has 188 valence electrons. The molecule has 2 amide bonds. The zero-order valence-corrected chi connectivity index (χ0v) is 20.9. The molecule has 2 aliphatic rings. The molecule has 0 unspecified atom stereocenters. The van der Waals surface area contributed by atoms with Crippen LogP contribution in [0.5, 0.6) is 17.4 Å². The van der Waals surface area contributed by atoms with Crippen molar-refractivity contribution in [3.63, 3.8) is 0 Å². The molecule has 35 heavy (non-hydrogen) atoms. The maximum Gasteiger partial charge on any atom is 0.259 e. The molecule has 1 saturated heterocycles. The van der Waals surface area contributed by atoms with Gasteiger partial charge in [-0.15, -0.1) is 0 Å². The van der Waals surface area contributed by atoms with Crippen molar-refractivity contribution in [1.29, 1.82) is 0 Å². The van der Waals surface area contributed by atoms with Crippen molar-refractivity contribution in [1.82, 2.24) is 24.6 Å². The van der Waals surface area contributed by atoms with E-state index in [0.717, 1.165) is 26.2 Å². The van der Waals surface area contributed by atoms with E-state index in [-0.39, 0.29) is 17.7 Å². The molecule has 0 aliphatic carbocycles. The lowest BCUT2D eigenvalue weighted by Crippen LogP contribution is -2.53. The van der Waals surface area contributed by atoms with Crippen molar-refractivity contribution in [2.75, 3.05) is 66.0 Å². The van der Waals surface area contributed by atoms with Gasteiger partial charge in [-0.05, 0) is 38.1 Å². The summed E-state index contributed by atoms with van der Waals surface area (Å²) in [5.74, 6) is 1.24. The van der Waals surface area contributed by atoms with Gasteiger partial charge in [-0.25, -0.2) is 4.98 Å². The monoisotopic (exact) mass is 481 g/mol. The fraction of sp³-hybridized carbons (Fsp3) is 0.500. The second-order valence-corrected chi connectivity index (χ2v) is 9.27. The molecule has 0 N–H and O–H groups in total. The number of piperazine rings is 1. The first kappa shape index (κ1) is 24.9. The number of para-hydroxylation sites is 2. The Balaban J connectivity index is 1.49. The number of benzene rings is 1. The zero-order chi connectivity index (χ0) is 24.8. The molecule has 0 atom stereocenters. The van der Waals surface area contributed by atoms with Crippen LogP contribution < -0.4 is 9.47 Å². The van der Waals surface area contributed by atoms with E-state index in [1.54, 1.807) is 36.3 Å². The fourth-order valence-corrected chi connectivity index (χ4v) is 4.33. The number of ether oxygens (including phenoxy) is 2. The molecule has 2 aliphatic heterocycles. The van der Waals surface area contributed by atoms with Gasteiger partial charge in [0.15, 0.2) is 11.5 Å². The van der Waals surface area contributed by atoms with E-state index in [1.807, 2.05) is 23.1 Å². The number of hydrogen-bond acceptors (Lipinski definition) is 7. The average molecular weight is 482 g/mol. The number of nitrogens with zero attached hydrogens (tertiary/aromatic N) is 5. The van der Waals surface area contributed by atoms with E-state index in [9.17, 15) is 9.59 Å². The molecule has 9 nitrogen and oxygen atoms in total. The van der Waals surface area contributed by atoms with Crippen LogP contribution >= 0.6 is 0 Å². The highest BCUT2D eigenvalue weighted by Crippen LogP contribution is 2.32. The summed E-state index contributed by atoms with van der Waals surface area (Å²) in [6.45, 7) is 9.92. The maximum atomic E-state index is 13.2.